The first-order chi connectivity index (χ1) is 12.5. The molecule has 2 aromatic heterocycles. The second-order valence-electron chi connectivity index (χ2n) is 5.30. The Hall–Kier alpha value is -2.65. The van der Waals surface area contributed by atoms with E-state index >= 15 is 0 Å². The first-order valence-corrected chi connectivity index (χ1v) is 9.27. The van der Waals surface area contributed by atoms with Crippen molar-refractivity contribution >= 4 is 45.3 Å². The number of carbonyl (C=O) groups is 2. The Morgan fingerprint density at radius 1 is 1.04 bits per heavy atom. The molecule has 2 amide bonds. The summed E-state index contributed by atoms with van der Waals surface area (Å²) in [6.07, 6.45) is 0.172. The molecule has 5 nitrogen and oxygen atoms in total. The summed E-state index contributed by atoms with van der Waals surface area (Å²) in [6.45, 7) is 0. The van der Waals surface area contributed by atoms with Crippen molar-refractivity contribution < 1.29 is 18.4 Å². The zero-order valence-electron chi connectivity index (χ0n) is 13.3. The lowest BCUT2D eigenvalue weighted by Crippen LogP contribution is -2.16. The lowest BCUT2D eigenvalue weighted by Gasteiger charge is -2.05. The maximum atomic E-state index is 13.5. The number of thiazole rings is 1. The Morgan fingerprint density at radius 3 is 2.58 bits per heavy atom. The summed E-state index contributed by atoms with van der Waals surface area (Å²) in [6, 6.07) is 6.65. The van der Waals surface area contributed by atoms with Gasteiger partial charge in [0.05, 0.1) is 24.2 Å². The number of hydrogen-bond donors (Lipinski definition) is 2. The number of hydrogen-bond acceptors (Lipinski definition) is 5. The van der Waals surface area contributed by atoms with Gasteiger partial charge >= 0.3 is 0 Å². The maximum absolute atomic E-state index is 13.5. The molecule has 0 spiro atoms. The molecule has 0 aliphatic carbocycles. The van der Waals surface area contributed by atoms with Gasteiger partial charge in [0.15, 0.2) is 5.13 Å². The molecule has 0 saturated heterocycles. The van der Waals surface area contributed by atoms with Gasteiger partial charge in [0, 0.05) is 16.3 Å². The molecule has 26 heavy (non-hydrogen) atoms. The van der Waals surface area contributed by atoms with E-state index in [1.165, 1.54) is 22.7 Å². The fourth-order valence-corrected chi connectivity index (χ4v) is 3.56. The van der Waals surface area contributed by atoms with Crippen molar-refractivity contribution in [3.63, 3.8) is 0 Å². The predicted octanol–water partition coefficient (Wildman–Crippen LogP) is 3.85. The van der Waals surface area contributed by atoms with Crippen molar-refractivity contribution in [3.05, 3.63) is 63.3 Å². The van der Waals surface area contributed by atoms with Gasteiger partial charge in [-0.05, 0) is 23.6 Å². The van der Waals surface area contributed by atoms with Crippen LogP contribution < -0.4 is 10.6 Å². The second-order valence-corrected chi connectivity index (χ2v) is 7.19. The highest BCUT2D eigenvalue weighted by molar-refractivity contribution is 7.14. The van der Waals surface area contributed by atoms with E-state index in [4.69, 9.17) is 0 Å². The molecule has 3 rings (SSSR count). The number of anilines is 2. The van der Waals surface area contributed by atoms with Crippen LogP contribution in [0.25, 0.3) is 0 Å². The number of halogens is 2. The van der Waals surface area contributed by atoms with Crippen LogP contribution >= 0.6 is 22.7 Å². The summed E-state index contributed by atoms with van der Waals surface area (Å²) in [4.78, 5) is 29.0. The van der Waals surface area contributed by atoms with Crippen LogP contribution in [-0.4, -0.2) is 16.8 Å². The third-order valence-electron chi connectivity index (χ3n) is 3.26. The van der Waals surface area contributed by atoms with E-state index in [9.17, 15) is 18.4 Å². The molecule has 0 saturated carbocycles. The molecular formula is C17H13F2N3O2S2. The third kappa shape index (κ3) is 4.93. The molecule has 1 aromatic carbocycles. The highest BCUT2D eigenvalue weighted by atomic mass is 32.1. The van der Waals surface area contributed by atoms with Gasteiger partial charge in [0.1, 0.15) is 11.6 Å². The van der Waals surface area contributed by atoms with Gasteiger partial charge in [-0.25, -0.2) is 13.8 Å². The third-order valence-corrected chi connectivity index (χ3v) is 4.94. The van der Waals surface area contributed by atoms with Crippen molar-refractivity contribution in [1.82, 2.24) is 4.98 Å². The number of nitrogens with one attached hydrogen (secondary N) is 2. The number of nitrogens with zero attached hydrogens (tertiary/aromatic N) is 1. The van der Waals surface area contributed by atoms with Crippen molar-refractivity contribution in [2.45, 2.75) is 12.8 Å². The van der Waals surface area contributed by atoms with Crippen molar-refractivity contribution in [1.29, 1.82) is 0 Å². The fourth-order valence-electron chi connectivity index (χ4n) is 2.13. The Bertz CT molecular complexity index is 926. The van der Waals surface area contributed by atoms with Crippen LogP contribution in [0, 0.1) is 11.6 Å². The fraction of sp³-hybridized carbons (Fsp3) is 0.118. The summed E-state index contributed by atoms with van der Waals surface area (Å²) in [5.74, 6) is -2.25. The zero-order valence-corrected chi connectivity index (χ0v) is 14.9. The molecule has 9 heteroatoms. The number of amides is 2. The molecule has 0 fully saturated rings. The molecule has 0 aliphatic rings. The van der Waals surface area contributed by atoms with E-state index in [0.717, 1.165) is 17.0 Å². The van der Waals surface area contributed by atoms with Crippen LogP contribution in [0.2, 0.25) is 0 Å². The smallest absolute Gasteiger partial charge is 0.231 e. The topological polar surface area (TPSA) is 71.1 Å². The average molecular weight is 393 g/mol. The predicted molar refractivity (Wildman–Crippen MR) is 97.5 cm³/mol. The van der Waals surface area contributed by atoms with Crippen LogP contribution in [0.1, 0.15) is 10.6 Å². The van der Waals surface area contributed by atoms with Gasteiger partial charge in [0.25, 0.3) is 0 Å². The lowest BCUT2D eigenvalue weighted by molar-refractivity contribution is -0.116. The first-order valence-electron chi connectivity index (χ1n) is 7.51. The Kier molecular flexibility index (Phi) is 5.69. The minimum absolute atomic E-state index is 0.0892. The zero-order chi connectivity index (χ0) is 18.5. The minimum Gasteiger partial charge on any atom is -0.323 e. The number of thiophene rings is 1. The molecule has 0 unspecified atom stereocenters. The van der Waals surface area contributed by atoms with Crippen molar-refractivity contribution in [3.8, 4) is 0 Å². The van der Waals surface area contributed by atoms with E-state index in [1.54, 1.807) is 5.38 Å². The lowest BCUT2D eigenvalue weighted by atomic mass is 10.2. The quantitative estimate of drug-likeness (QED) is 0.668. The summed E-state index contributed by atoms with van der Waals surface area (Å²) in [5, 5.41) is 8.97. The number of benzene rings is 1. The van der Waals surface area contributed by atoms with Gasteiger partial charge in [-0.15, -0.1) is 22.7 Å². The van der Waals surface area contributed by atoms with Gasteiger partial charge in [-0.2, -0.15) is 0 Å². The molecule has 2 N–H and O–H groups in total. The van der Waals surface area contributed by atoms with Gasteiger partial charge in [-0.1, -0.05) is 6.07 Å². The van der Waals surface area contributed by atoms with Crippen molar-refractivity contribution in [2.75, 3.05) is 10.6 Å². The van der Waals surface area contributed by atoms with E-state index in [0.29, 0.717) is 16.9 Å². The number of rotatable bonds is 6. The van der Waals surface area contributed by atoms with E-state index in [-0.39, 0.29) is 24.4 Å². The SMILES string of the molecule is O=C(Cc1cccs1)Nc1nc(CC(=O)Nc2ccc(F)cc2F)cs1. The number of carbonyl (C=O) groups excluding carboxylic acids is 2. The molecular weight excluding hydrogens is 380 g/mol. The van der Waals surface area contributed by atoms with Crippen LogP contribution in [0.5, 0.6) is 0 Å². The summed E-state index contributed by atoms with van der Waals surface area (Å²) in [5.41, 5.74) is 0.345. The normalized spacial score (nSPS) is 10.5. The Balaban J connectivity index is 1.54. The highest BCUT2D eigenvalue weighted by Gasteiger charge is 2.12. The van der Waals surface area contributed by atoms with Crippen LogP contribution in [0.4, 0.5) is 19.6 Å². The Morgan fingerprint density at radius 2 is 1.85 bits per heavy atom. The van der Waals surface area contributed by atoms with Gasteiger partial charge < -0.3 is 10.6 Å². The van der Waals surface area contributed by atoms with E-state index in [1.807, 2.05) is 17.5 Å². The largest absolute Gasteiger partial charge is 0.323 e. The summed E-state index contributed by atoms with van der Waals surface area (Å²) in [7, 11) is 0. The molecule has 0 radical (unpaired) electrons. The van der Waals surface area contributed by atoms with Gasteiger partial charge in [0.2, 0.25) is 11.8 Å². The van der Waals surface area contributed by atoms with Crippen molar-refractivity contribution in [2.24, 2.45) is 0 Å². The minimum atomic E-state index is -0.849. The van der Waals surface area contributed by atoms with E-state index < -0.39 is 17.5 Å². The molecule has 0 atom stereocenters. The molecule has 3 aromatic rings. The summed E-state index contributed by atoms with van der Waals surface area (Å²) >= 11 is 2.69. The maximum Gasteiger partial charge on any atom is 0.231 e. The van der Waals surface area contributed by atoms with Crippen LogP contribution in [-0.2, 0) is 22.4 Å². The monoisotopic (exact) mass is 393 g/mol. The molecule has 0 aliphatic heterocycles. The standard InChI is InChI=1S/C17H13F2N3O2S2/c18-10-3-4-14(13(19)6-10)21-15(23)7-11-9-26-17(20-11)22-16(24)8-12-2-1-5-25-12/h1-6,9H,7-8H2,(H,21,23)(H,20,22,24). The van der Waals surface area contributed by atoms with E-state index in [2.05, 4.69) is 15.6 Å². The number of aromatic nitrogens is 1. The molecule has 0 bridgehead atoms. The van der Waals surface area contributed by atoms with Gasteiger partial charge in [-0.3, -0.25) is 9.59 Å². The molecule has 134 valence electrons. The average Bonchev–Trinajstić information content (AvgIpc) is 3.22. The second kappa shape index (κ2) is 8.15. The molecule has 2 heterocycles. The summed E-state index contributed by atoms with van der Waals surface area (Å²) < 4.78 is 26.4. The Labute approximate surface area is 155 Å². The van der Waals surface area contributed by atoms with Crippen LogP contribution in [0.3, 0.4) is 0 Å². The highest BCUT2D eigenvalue weighted by Crippen LogP contribution is 2.19. The first kappa shape index (κ1) is 18.2. The van der Waals surface area contributed by atoms with Crippen LogP contribution in [0.15, 0.2) is 41.1 Å².